The third-order valence-corrected chi connectivity index (χ3v) is 2.51. The lowest BCUT2D eigenvalue weighted by Crippen LogP contribution is -2.09. The molecule has 0 bridgehead atoms. The summed E-state index contributed by atoms with van der Waals surface area (Å²) in [6, 6.07) is 3.39. The molecule has 2 aromatic heterocycles. The normalized spacial score (nSPS) is 13.4. The fourth-order valence-electron chi connectivity index (χ4n) is 1.37. The molecule has 3 nitrogen and oxygen atoms in total. The Kier molecular flexibility index (Phi) is 2.39. The Balaban J connectivity index is 2.77. The summed E-state index contributed by atoms with van der Waals surface area (Å²) in [5.74, 6) is 0.738. The average Bonchev–Trinajstić information content (AvgIpc) is 2.44. The van der Waals surface area contributed by atoms with Crippen molar-refractivity contribution >= 4 is 28.7 Å². The highest BCUT2D eigenvalue weighted by molar-refractivity contribution is 6.34. The van der Waals surface area contributed by atoms with Crippen molar-refractivity contribution in [2.75, 3.05) is 0 Å². The van der Waals surface area contributed by atoms with E-state index in [0.29, 0.717) is 10.2 Å². The minimum absolute atomic E-state index is 0.156. The van der Waals surface area contributed by atoms with E-state index in [1.54, 1.807) is 12.1 Å². The van der Waals surface area contributed by atoms with Crippen molar-refractivity contribution in [3.8, 4) is 0 Å². The number of hydrogen-bond acceptors (Lipinski definition) is 2. The van der Waals surface area contributed by atoms with Gasteiger partial charge in [0.1, 0.15) is 5.82 Å². The average molecular weight is 230 g/mol. The molecule has 0 saturated heterocycles. The van der Waals surface area contributed by atoms with Gasteiger partial charge in [0.2, 0.25) is 0 Å². The first-order valence-electron chi connectivity index (χ1n) is 4.18. The molecule has 0 saturated carbocycles. The summed E-state index contributed by atoms with van der Waals surface area (Å²) < 4.78 is 1.85. The highest BCUT2D eigenvalue weighted by Crippen LogP contribution is 2.23. The van der Waals surface area contributed by atoms with Gasteiger partial charge in [0, 0.05) is 11.2 Å². The molecule has 14 heavy (non-hydrogen) atoms. The van der Waals surface area contributed by atoms with Crippen molar-refractivity contribution in [2.24, 2.45) is 5.73 Å². The molecule has 0 fully saturated rings. The lowest BCUT2D eigenvalue weighted by molar-refractivity contribution is 0.736. The number of nitrogens with zero attached hydrogens (tertiary/aromatic N) is 2. The zero-order valence-electron chi connectivity index (χ0n) is 7.54. The first-order chi connectivity index (χ1) is 6.59. The molecule has 1 unspecified atom stereocenters. The SMILES string of the molecule is CC(N)c1nc(Cl)c2cc(Cl)ccn12. The Morgan fingerprint density at radius 2 is 2.21 bits per heavy atom. The Hall–Kier alpha value is -0.770. The smallest absolute Gasteiger partial charge is 0.155 e. The molecule has 2 heterocycles. The van der Waals surface area contributed by atoms with Crippen molar-refractivity contribution in [2.45, 2.75) is 13.0 Å². The molecule has 0 spiro atoms. The van der Waals surface area contributed by atoms with Crippen molar-refractivity contribution in [3.05, 3.63) is 34.3 Å². The van der Waals surface area contributed by atoms with Gasteiger partial charge in [0.05, 0.1) is 11.6 Å². The second kappa shape index (κ2) is 3.42. The molecule has 0 amide bonds. The molecule has 0 aliphatic rings. The minimum atomic E-state index is -0.156. The summed E-state index contributed by atoms with van der Waals surface area (Å²) >= 11 is 11.8. The van der Waals surface area contributed by atoms with Crippen LogP contribution in [-0.4, -0.2) is 9.38 Å². The maximum Gasteiger partial charge on any atom is 0.155 e. The van der Waals surface area contributed by atoms with E-state index in [-0.39, 0.29) is 6.04 Å². The van der Waals surface area contributed by atoms with Crippen molar-refractivity contribution < 1.29 is 0 Å². The molecule has 0 aromatic carbocycles. The van der Waals surface area contributed by atoms with Crippen LogP contribution in [0, 0.1) is 0 Å². The van der Waals surface area contributed by atoms with E-state index >= 15 is 0 Å². The molecule has 2 rings (SSSR count). The standard InChI is InChI=1S/C9H9Cl2N3/c1-5(12)9-13-8(11)7-4-6(10)2-3-14(7)9/h2-5H,12H2,1H3. The van der Waals surface area contributed by atoms with Crippen LogP contribution in [-0.2, 0) is 0 Å². The molecule has 2 aromatic rings. The molecule has 0 aliphatic carbocycles. The van der Waals surface area contributed by atoms with E-state index in [1.807, 2.05) is 17.5 Å². The zero-order valence-corrected chi connectivity index (χ0v) is 9.05. The van der Waals surface area contributed by atoms with Gasteiger partial charge in [-0.15, -0.1) is 0 Å². The van der Waals surface area contributed by atoms with Crippen LogP contribution in [0.4, 0.5) is 0 Å². The van der Waals surface area contributed by atoms with E-state index in [9.17, 15) is 0 Å². The molecular formula is C9H9Cl2N3. The predicted molar refractivity (Wildman–Crippen MR) is 57.8 cm³/mol. The fourth-order valence-corrected chi connectivity index (χ4v) is 1.76. The Morgan fingerprint density at radius 3 is 2.86 bits per heavy atom. The van der Waals surface area contributed by atoms with Crippen molar-refractivity contribution in [3.63, 3.8) is 0 Å². The van der Waals surface area contributed by atoms with Crippen LogP contribution in [0.15, 0.2) is 18.3 Å². The number of imidazole rings is 1. The summed E-state index contributed by atoms with van der Waals surface area (Å²) in [6.45, 7) is 1.86. The Morgan fingerprint density at radius 1 is 1.50 bits per heavy atom. The molecular weight excluding hydrogens is 221 g/mol. The van der Waals surface area contributed by atoms with Gasteiger partial charge in [-0.05, 0) is 19.1 Å². The summed E-state index contributed by atoms with van der Waals surface area (Å²) in [4.78, 5) is 4.18. The third kappa shape index (κ3) is 1.47. The predicted octanol–water partition coefficient (Wildman–Crippen LogP) is 2.66. The van der Waals surface area contributed by atoms with Gasteiger partial charge in [0.15, 0.2) is 5.15 Å². The summed E-state index contributed by atoms with van der Waals surface area (Å²) in [7, 11) is 0. The largest absolute Gasteiger partial charge is 0.322 e. The van der Waals surface area contributed by atoms with E-state index in [0.717, 1.165) is 11.3 Å². The zero-order chi connectivity index (χ0) is 10.3. The molecule has 0 radical (unpaired) electrons. The quantitative estimate of drug-likeness (QED) is 0.818. The van der Waals surface area contributed by atoms with E-state index < -0.39 is 0 Å². The Labute approximate surface area is 91.4 Å². The maximum absolute atomic E-state index is 5.95. The van der Waals surface area contributed by atoms with Crippen LogP contribution >= 0.6 is 23.2 Å². The van der Waals surface area contributed by atoms with Gasteiger partial charge >= 0.3 is 0 Å². The van der Waals surface area contributed by atoms with Crippen LogP contribution < -0.4 is 5.73 Å². The van der Waals surface area contributed by atoms with Crippen molar-refractivity contribution in [1.82, 2.24) is 9.38 Å². The van der Waals surface area contributed by atoms with Gasteiger partial charge in [0.25, 0.3) is 0 Å². The van der Waals surface area contributed by atoms with Gasteiger partial charge in [-0.25, -0.2) is 4.98 Å². The van der Waals surface area contributed by atoms with E-state index in [2.05, 4.69) is 4.98 Å². The number of fused-ring (bicyclic) bond motifs is 1. The second-order valence-electron chi connectivity index (χ2n) is 3.15. The highest BCUT2D eigenvalue weighted by Gasteiger charge is 2.12. The highest BCUT2D eigenvalue weighted by atomic mass is 35.5. The first-order valence-corrected chi connectivity index (χ1v) is 4.94. The number of nitrogens with two attached hydrogens (primary N) is 1. The maximum atomic E-state index is 5.95. The van der Waals surface area contributed by atoms with Gasteiger partial charge in [-0.1, -0.05) is 23.2 Å². The fraction of sp³-hybridized carbons (Fsp3) is 0.222. The van der Waals surface area contributed by atoms with Gasteiger partial charge in [-0.2, -0.15) is 0 Å². The number of aromatic nitrogens is 2. The van der Waals surface area contributed by atoms with Crippen molar-refractivity contribution in [1.29, 1.82) is 0 Å². The Bertz CT molecular complexity index is 476. The number of halogens is 2. The number of rotatable bonds is 1. The molecule has 1 atom stereocenters. The summed E-state index contributed by atoms with van der Waals surface area (Å²) in [5, 5.41) is 1.07. The molecule has 5 heteroatoms. The van der Waals surface area contributed by atoms with Crippen LogP contribution in [0.25, 0.3) is 5.52 Å². The monoisotopic (exact) mass is 229 g/mol. The molecule has 2 N–H and O–H groups in total. The van der Waals surface area contributed by atoms with Gasteiger partial charge in [-0.3, -0.25) is 0 Å². The van der Waals surface area contributed by atoms with Crippen LogP contribution in [0.2, 0.25) is 10.2 Å². The lowest BCUT2D eigenvalue weighted by atomic mass is 10.3. The molecule has 0 aliphatic heterocycles. The third-order valence-electron chi connectivity index (χ3n) is 2.00. The second-order valence-corrected chi connectivity index (χ2v) is 3.94. The first kappa shape index (κ1) is 9.77. The van der Waals surface area contributed by atoms with E-state index in [4.69, 9.17) is 28.9 Å². The molecule has 74 valence electrons. The topological polar surface area (TPSA) is 43.3 Å². The minimum Gasteiger partial charge on any atom is -0.322 e. The van der Waals surface area contributed by atoms with Crippen LogP contribution in [0.1, 0.15) is 18.8 Å². The number of hydrogen-bond donors (Lipinski definition) is 1. The van der Waals surface area contributed by atoms with E-state index in [1.165, 1.54) is 0 Å². The number of pyridine rings is 1. The van der Waals surface area contributed by atoms with Crippen LogP contribution in [0.3, 0.4) is 0 Å². The lowest BCUT2D eigenvalue weighted by Gasteiger charge is -2.03. The summed E-state index contributed by atoms with van der Waals surface area (Å²) in [6.07, 6.45) is 1.81. The van der Waals surface area contributed by atoms with Crippen LogP contribution in [0.5, 0.6) is 0 Å². The van der Waals surface area contributed by atoms with Gasteiger partial charge < -0.3 is 10.1 Å². The summed E-state index contributed by atoms with van der Waals surface area (Å²) in [5.41, 5.74) is 6.54.